The van der Waals surface area contributed by atoms with Crippen LogP contribution in [0, 0.1) is 11.8 Å². The maximum absolute atomic E-state index is 8.83. The van der Waals surface area contributed by atoms with Crippen molar-refractivity contribution in [2.75, 3.05) is 12.4 Å². The van der Waals surface area contributed by atoms with Crippen LogP contribution in [0.25, 0.3) is 0 Å². The average Bonchev–Trinajstić information content (AvgIpc) is 2.05. The molecule has 0 amide bonds. The number of aliphatic hydroxyl groups is 1. The van der Waals surface area contributed by atoms with Gasteiger partial charge in [0.2, 0.25) is 0 Å². The monoisotopic (exact) mass is 160 g/mol. The van der Waals surface area contributed by atoms with E-state index in [1.54, 1.807) is 0 Å². The predicted molar refractivity (Wildman–Crippen MR) is 46.4 cm³/mol. The van der Waals surface area contributed by atoms with E-state index in [1.165, 1.54) is 25.7 Å². The Morgan fingerprint density at radius 1 is 1.10 bits per heavy atom. The predicted octanol–water partition coefficient (Wildman–Crippen LogP) is 1.71. The molecule has 1 aliphatic carbocycles. The van der Waals surface area contributed by atoms with E-state index in [-0.39, 0.29) is 0 Å². The number of hydrogen-bond donors (Lipinski definition) is 2. The molecule has 0 bridgehead atoms. The lowest BCUT2D eigenvalue weighted by atomic mass is 9.83. The summed E-state index contributed by atoms with van der Waals surface area (Å²) in [4.78, 5) is 0. The maximum Gasteiger partial charge on any atom is 0.0459 e. The molecule has 0 aromatic heterocycles. The van der Waals surface area contributed by atoms with Gasteiger partial charge in [0.05, 0.1) is 0 Å². The van der Waals surface area contributed by atoms with Gasteiger partial charge in [-0.25, -0.2) is 0 Å². The molecule has 1 rings (SSSR count). The molecule has 0 aromatic rings. The first-order chi connectivity index (χ1) is 4.86. The van der Waals surface area contributed by atoms with E-state index in [1.807, 2.05) is 0 Å². The summed E-state index contributed by atoms with van der Waals surface area (Å²) in [5.41, 5.74) is 0. The minimum Gasteiger partial charge on any atom is -0.396 e. The van der Waals surface area contributed by atoms with Gasteiger partial charge in [0.1, 0.15) is 0 Å². The van der Waals surface area contributed by atoms with Crippen molar-refractivity contribution >= 4 is 12.6 Å². The molecule has 1 N–H and O–H groups in total. The van der Waals surface area contributed by atoms with Crippen LogP contribution in [0.3, 0.4) is 0 Å². The van der Waals surface area contributed by atoms with E-state index in [4.69, 9.17) is 5.11 Å². The van der Waals surface area contributed by atoms with Crippen molar-refractivity contribution < 1.29 is 5.11 Å². The van der Waals surface area contributed by atoms with Crippen molar-refractivity contribution in [3.63, 3.8) is 0 Å². The van der Waals surface area contributed by atoms with Crippen LogP contribution in [-0.2, 0) is 0 Å². The van der Waals surface area contributed by atoms with E-state index in [2.05, 4.69) is 12.6 Å². The van der Waals surface area contributed by atoms with E-state index < -0.39 is 0 Å². The molecule has 0 saturated heterocycles. The van der Waals surface area contributed by atoms with Crippen LogP contribution in [0.4, 0.5) is 0 Å². The molecule has 0 radical (unpaired) electrons. The lowest BCUT2D eigenvalue weighted by Gasteiger charge is -2.25. The zero-order chi connectivity index (χ0) is 7.40. The van der Waals surface area contributed by atoms with Crippen LogP contribution in [0.5, 0.6) is 0 Å². The third kappa shape index (κ3) is 2.17. The molecule has 1 fully saturated rings. The Morgan fingerprint density at radius 3 is 2.00 bits per heavy atom. The Balaban J connectivity index is 2.17. The molecule has 10 heavy (non-hydrogen) atoms. The minimum absolute atomic E-state index is 0.388. The van der Waals surface area contributed by atoms with Crippen LogP contribution >= 0.6 is 12.6 Å². The lowest BCUT2D eigenvalue weighted by Crippen LogP contribution is -2.17. The third-order valence-electron chi connectivity index (χ3n) is 2.48. The third-order valence-corrected chi connectivity index (χ3v) is 3.00. The van der Waals surface area contributed by atoms with Crippen molar-refractivity contribution in [1.29, 1.82) is 0 Å². The van der Waals surface area contributed by atoms with E-state index >= 15 is 0 Å². The highest BCUT2D eigenvalue weighted by atomic mass is 32.1. The number of thiol groups is 1. The molecule has 2 heteroatoms. The largest absolute Gasteiger partial charge is 0.396 e. The Bertz CT molecular complexity index is 75.3. The van der Waals surface area contributed by atoms with E-state index in [0.29, 0.717) is 12.5 Å². The van der Waals surface area contributed by atoms with Crippen molar-refractivity contribution in [3.8, 4) is 0 Å². The normalized spacial score (nSPS) is 34.2. The summed E-state index contributed by atoms with van der Waals surface area (Å²) in [6.07, 6.45) is 4.97. The highest BCUT2D eigenvalue weighted by molar-refractivity contribution is 7.80. The quantitative estimate of drug-likeness (QED) is 0.589. The Morgan fingerprint density at radius 2 is 1.60 bits per heavy atom. The molecule has 0 aliphatic heterocycles. The molecule has 0 heterocycles. The van der Waals surface area contributed by atoms with Crippen LogP contribution in [0.1, 0.15) is 25.7 Å². The summed E-state index contributed by atoms with van der Waals surface area (Å²) in [7, 11) is 0. The van der Waals surface area contributed by atoms with Gasteiger partial charge in [0.25, 0.3) is 0 Å². The van der Waals surface area contributed by atoms with Crippen LogP contribution < -0.4 is 0 Å². The molecule has 1 saturated carbocycles. The summed E-state index contributed by atoms with van der Waals surface area (Å²) in [5, 5.41) is 8.83. The second-order valence-corrected chi connectivity index (χ2v) is 3.62. The van der Waals surface area contributed by atoms with Crippen molar-refractivity contribution in [1.82, 2.24) is 0 Å². The summed E-state index contributed by atoms with van der Waals surface area (Å²) in [6, 6.07) is 0. The minimum atomic E-state index is 0.388. The van der Waals surface area contributed by atoms with Gasteiger partial charge in [-0.2, -0.15) is 12.6 Å². The molecular formula is C8H16OS. The first-order valence-electron chi connectivity index (χ1n) is 4.08. The van der Waals surface area contributed by atoms with Gasteiger partial charge in [-0.1, -0.05) is 0 Å². The smallest absolute Gasteiger partial charge is 0.0459 e. The Hall–Kier alpha value is 0.310. The summed E-state index contributed by atoms with van der Waals surface area (Å²) >= 11 is 4.26. The zero-order valence-electron chi connectivity index (χ0n) is 6.29. The van der Waals surface area contributed by atoms with Crippen LogP contribution in [-0.4, -0.2) is 17.5 Å². The summed E-state index contributed by atoms with van der Waals surface area (Å²) < 4.78 is 0. The number of hydrogen-bond acceptors (Lipinski definition) is 2. The standard InChI is InChI=1S/C8H16OS/c9-5-7-1-3-8(6-10)4-2-7/h7-10H,1-6H2. The fourth-order valence-corrected chi connectivity index (χ4v) is 1.96. The fraction of sp³-hybridized carbons (Fsp3) is 1.00. The second kappa shape index (κ2) is 4.24. The molecule has 60 valence electrons. The van der Waals surface area contributed by atoms with E-state index in [0.717, 1.165) is 11.7 Å². The van der Waals surface area contributed by atoms with Gasteiger partial charge < -0.3 is 5.11 Å². The van der Waals surface area contributed by atoms with Gasteiger partial charge in [0, 0.05) is 6.61 Å². The summed E-state index contributed by atoms with van der Waals surface area (Å²) in [5.74, 6) is 2.44. The van der Waals surface area contributed by atoms with Gasteiger partial charge in [-0.15, -0.1) is 0 Å². The topological polar surface area (TPSA) is 20.2 Å². The van der Waals surface area contributed by atoms with Crippen LogP contribution in [0.15, 0.2) is 0 Å². The second-order valence-electron chi connectivity index (χ2n) is 3.25. The lowest BCUT2D eigenvalue weighted by molar-refractivity contribution is 0.173. The van der Waals surface area contributed by atoms with Gasteiger partial charge in [0.15, 0.2) is 0 Å². The molecular weight excluding hydrogens is 144 g/mol. The zero-order valence-corrected chi connectivity index (χ0v) is 7.19. The molecule has 1 aliphatic rings. The number of aliphatic hydroxyl groups excluding tert-OH is 1. The van der Waals surface area contributed by atoms with Crippen LogP contribution in [0.2, 0.25) is 0 Å². The molecule has 0 aromatic carbocycles. The SMILES string of the molecule is OCC1CCC(CS)CC1. The average molecular weight is 160 g/mol. The van der Waals surface area contributed by atoms with Gasteiger partial charge >= 0.3 is 0 Å². The van der Waals surface area contributed by atoms with Gasteiger partial charge in [-0.3, -0.25) is 0 Å². The highest BCUT2D eigenvalue weighted by Gasteiger charge is 2.18. The first kappa shape index (κ1) is 8.41. The van der Waals surface area contributed by atoms with Crippen molar-refractivity contribution in [3.05, 3.63) is 0 Å². The first-order valence-corrected chi connectivity index (χ1v) is 4.71. The van der Waals surface area contributed by atoms with Crippen molar-refractivity contribution in [2.45, 2.75) is 25.7 Å². The van der Waals surface area contributed by atoms with E-state index in [9.17, 15) is 0 Å². The Kier molecular flexibility index (Phi) is 3.57. The highest BCUT2D eigenvalue weighted by Crippen LogP contribution is 2.28. The molecule has 0 atom stereocenters. The molecule has 1 nitrogen and oxygen atoms in total. The fourth-order valence-electron chi connectivity index (χ4n) is 1.60. The van der Waals surface area contributed by atoms with Gasteiger partial charge in [-0.05, 0) is 43.3 Å². The Labute approximate surface area is 68.2 Å². The molecule has 0 spiro atoms. The maximum atomic E-state index is 8.83. The van der Waals surface area contributed by atoms with Crippen molar-refractivity contribution in [2.24, 2.45) is 11.8 Å². The molecule has 0 unspecified atom stereocenters. The summed E-state index contributed by atoms with van der Waals surface area (Å²) in [6.45, 7) is 0.388. The number of rotatable bonds is 2.